The highest BCUT2D eigenvalue weighted by Gasteiger charge is 2.34. The molecule has 0 spiro atoms. The normalized spacial score (nSPS) is 15.9. The van der Waals surface area contributed by atoms with E-state index in [2.05, 4.69) is 10.6 Å². The lowest BCUT2D eigenvalue weighted by Crippen LogP contribution is -2.45. The quantitative estimate of drug-likeness (QED) is 0.847. The Balaban J connectivity index is 1.66. The highest BCUT2D eigenvalue weighted by atomic mass is 16.5. The van der Waals surface area contributed by atoms with E-state index in [0.29, 0.717) is 35.8 Å². The Bertz CT molecular complexity index is 757. The van der Waals surface area contributed by atoms with Gasteiger partial charge in [-0.15, -0.1) is 0 Å². The van der Waals surface area contributed by atoms with E-state index in [1.807, 2.05) is 0 Å². The lowest BCUT2D eigenvalue weighted by Gasteiger charge is -2.24. The van der Waals surface area contributed by atoms with Crippen LogP contribution in [0.5, 0.6) is 11.5 Å². The van der Waals surface area contributed by atoms with Crippen molar-refractivity contribution in [1.29, 1.82) is 0 Å². The maximum Gasteiger partial charge on any atom is 0.322 e. The monoisotopic (exact) mass is 369 g/mol. The van der Waals surface area contributed by atoms with Gasteiger partial charge in [0.15, 0.2) is 0 Å². The number of likely N-dealkylation sites (tertiary alicyclic amines) is 1. The van der Waals surface area contributed by atoms with Crippen LogP contribution in [0.3, 0.4) is 0 Å². The minimum atomic E-state index is -0.512. The Hall–Kier alpha value is -3.22. The molecule has 0 bridgehead atoms. The maximum absolute atomic E-state index is 12.7. The van der Waals surface area contributed by atoms with Crippen molar-refractivity contribution in [3.8, 4) is 11.5 Å². The van der Waals surface area contributed by atoms with Crippen LogP contribution in [0.1, 0.15) is 12.8 Å². The van der Waals surface area contributed by atoms with Gasteiger partial charge in [-0.3, -0.25) is 4.79 Å². The number of nitrogens with zero attached hydrogens (tertiary/aromatic N) is 1. The van der Waals surface area contributed by atoms with Gasteiger partial charge in [-0.2, -0.15) is 0 Å². The highest BCUT2D eigenvalue weighted by molar-refractivity contribution is 5.99. The summed E-state index contributed by atoms with van der Waals surface area (Å²) < 4.78 is 10.3. The summed E-state index contributed by atoms with van der Waals surface area (Å²) in [5, 5.41) is 5.70. The second kappa shape index (κ2) is 8.44. The van der Waals surface area contributed by atoms with Crippen LogP contribution in [-0.4, -0.2) is 43.6 Å². The molecular weight excluding hydrogens is 346 g/mol. The second-order valence-electron chi connectivity index (χ2n) is 6.23. The predicted octanol–water partition coefficient (Wildman–Crippen LogP) is 3.34. The van der Waals surface area contributed by atoms with Crippen LogP contribution >= 0.6 is 0 Å². The van der Waals surface area contributed by atoms with Crippen LogP contribution in [0, 0.1) is 0 Å². The van der Waals surface area contributed by atoms with E-state index < -0.39 is 6.04 Å². The minimum Gasteiger partial charge on any atom is -0.497 e. The van der Waals surface area contributed by atoms with E-state index in [-0.39, 0.29) is 11.9 Å². The summed E-state index contributed by atoms with van der Waals surface area (Å²) >= 11 is 0. The molecule has 7 nitrogen and oxygen atoms in total. The lowest BCUT2D eigenvalue weighted by atomic mass is 10.2. The zero-order chi connectivity index (χ0) is 19.2. The highest BCUT2D eigenvalue weighted by Crippen LogP contribution is 2.23. The number of urea groups is 1. The Morgan fingerprint density at radius 2 is 1.56 bits per heavy atom. The first kappa shape index (κ1) is 18.6. The van der Waals surface area contributed by atoms with Crippen molar-refractivity contribution < 1.29 is 19.1 Å². The van der Waals surface area contributed by atoms with Crippen molar-refractivity contribution >= 4 is 23.3 Å². The second-order valence-corrected chi connectivity index (χ2v) is 6.23. The van der Waals surface area contributed by atoms with E-state index in [9.17, 15) is 9.59 Å². The van der Waals surface area contributed by atoms with Gasteiger partial charge in [0.05, 0.1) is 14.2 Å². The number of rotatable bonds is 5. The average Bonchev–Trinajstić information content (AvgIpc) is 3.18. The number of carbonyl (C=O) groups excluding carboxylic acids is 2. The fourth-order valence-electron chi connectivity index (χ4n) is 3.10. The van der Waals surface area contributed by atoms with Gasteiger partial charge in [-0.25, -0.2) is 4.79 Å². The summed E-state index contributed by atoms with van der Waals surface area (Å²) in [6.45, 7) is 0.534. The number of carbonyl (C=O) groups is 2. The van der Waals surface area contributed by atoms with Crippen molar-refractivity contribution in [3.63, 3.8) is 0 Å². The molecule has 3 rings (SSSR count). The first-order chi connectivity index (χ1) is 13.1. The summed E-state index contributed by atoms with van der Waals surface area (Å²) in [5.41, 5.74) is 1.26. The molecule has 1 aliphatic heterocycles. The van der Waals surface area contributed by atoms with Crippen LogP contribution in [0.4, 0.5) is 16.2 Å². The summed E-state index contributed by atoms with van der Waals surface area (Å²) in [6.07, 6.45) is 1.41. The fraction of sp³-hybridized carbons (Fsp3) is 0.300. The standard InChI is InChI=1S/C20H23N3O4/c1-26-16-8-3-6-14(12-16)21-19(24)18-10-5-11-23(18)20(25)22-15-7-4-9-17(13-15)27-2/h3-4,6-9,12-13,18H,5,10-11H2,1-2H3,(H,21,24)(H,22,25). The van der Waals surface area contributed by atoms with Gasteiger partial charge >= 0.3 is 6.03 Å². The van der Waals surface area contributed by atoms with Crippen LogP contribution in [0.2, 0.25) is 0 Å². The first-order valence-corrected chi connectivity index (χ1v) is 8.77. The van der Waals surface area contributed by atoms with Crippen LogP contribution in [0.15, 0.2) is 48.5 Å². The van der Waals surface area contributed by atoms with Crippen molar-refractivity contribution in [1.82, 2.24) is 4.90 Å². The zero-order valence-corrected chi connectivity index (χ0v) is 15.4. The molecule has 0 aliphatic carbocycles. The number of ether oxygens (including phenoxy) is 2. The summed E-state index contributed by atoms with van der Waals surface area (Å²) in [4.78, 5) is 26.9. The molecule has 1 heterocycles. The van der Waals surface area contributed by atoms with Gasteiger partial charge in [0.1, 0.15) is 17.5 Å². The molecule has 1 atom stereocenters. The number of amides is 3. The predicted molar refractivity (Wildman–Crippen MR) is 103 cm³/mol. The molecule has 1 unspecified atom stereocenters. The summed E-state index contributed by atoms with van der Waals surface area (Å²) in [7, 11) is 3.14. The molecule has 7 heteroatoms. The van der Waals surface area contributed by atoms with Gasteiger partial charge < -0.3 is 25.0 Å². The number of hydrogen-bond acceptors (Lipinski definition) is 4. The van der Waals surface area contributed by atoms with Crippen LogP contribution in [0.25, 0.3) is 0 Å². The topological polar surface area (TPSA) is 79.9 Å². The van der Waals surface area contributed by atoms with E-state index in [1.54, 1.807) is 67.7 Å². The molecular formula is C20H23N3O4. The molecule has 0 radical (unpaired) electrons. The number of anilines is 2. The van der Waals surface area contributed by atoms with E-state index in [1.165, 1.54) is 0 Å². The van der Waals surface area contributed by atoms with E-state index >= 15 is 0 Å². The van der Waals surface area contributed by atoms with Crippen LogP contribution < -0.4 is 20.1 Å². The van der Waals surface area contributed by atoms with Gasteiger partial charge in [0.2, 0.25) is 5.91 Å². The number of nitrogens with one attached hydrogen (secondary N) is 2. The number of hydrogen-bond donors (Lipinski definition) is 2. The zero-order valence-electron chi connectivity index (χ0n) is 15.4. The maximum atomic E-state index is 12.7. The molecule has 0 aromatic heterocycles. The third-order valence-electron chi connectivity index (χ3n) is 4.47. The molecule has 1 fully saturated rings. The van der Waals surface area contributed by atoms with Crippen molar-refractivity contribution in [2.75, 3.05) is 31.4 Å². The smallest absolute Gasteiger partial charge is 0.322 e. The molecule has 142 valence electrons. The Morgan fingerprint density at radius 1 is 0.963 bits per heavy atom. The molecule has 3 amide bonds. The minimum absolute atomic E-state index is 0.207. The van der Waals surface area contributed by atoms with E-state index in [0.717, 1.165) is 6.42 Å². The average molecular weight is 369 g/mol. The Morgan fingerprint density at radius 3 is 2.15 bits per heavy atom. The van der Waals surface area contributed by atoms with Crippen LogP contribution in [-0.2, 0) is 4.79 Å². The molecule has 2 aromatic rings. The number of methoxy groups -OCH3 is 2. The molecule has 1 aliphatic rings. The van der Waals surface area contributed by atoms with Gasteiger partial charge in [0.25, 0.3) is 0 Å². The third-order valence-corrected chi connectivity index (χ3v) is 4.47. The molecule has 2 N–H and O–H groups in total. The Kier molecular flexibility index (Phi) is 5.80. The van der Waals surface area contributed by atoms with E-state index in [4.69, 9.17) is 9.47 Å². The number of benzene rings is 2. The third kappa shape index (κ3) is 4.49. The molecule has 27 heavy (non-hydrogen) atoms. The van der Waals surface area contributed by atoms with Gasteiger partial charge in [0, 0.05) is 30.1 Å². The molecule has 2 aromatic carbocycles. The lowest BCUT2D eigenvalue weighted by molar-refractivity contribution is -0.119. The van der Waals surface area contributed by atoms with Gasteiger partial charge in [-0.1, -0.05) is 12.1 Å². The van der Waals surface area contributed by atoms with Gasteiger partial charge in [-0.05, 0) is 37.1 Å². The first-order valence-electron chi connectivity index (χ1n) is 8.77. The summed E-state index contributed by atoms with van der Waals surface area (Å²) in [6, 6.07) is 13.4. The van der Waals surface area contributed by atoms with Crippen molar-refractivity contribution in [2.24, 2.45) is 0 Å². The molecule has 0 saturated carbocycles. The SMILES string of the molecule is COc1cccc(NC(=O)C2CCCN2C(=O)Nc2cccc(OC)c2)c1. The van der Waals surface area contributed by atoms with Crippen molar-refractivity contribution in [3.05, 3.63) is 48.5 Å². The van der Waals surface area contributed by atoms with Crippen molar-refractivity contribution in [2.45, 2.75) is 18.9 Å². The molecule has 1 saturated heterocycles. The largest absolute Gasteiger partial charge is 0.497 e. The summed E-state index contributed by atoms with van der Waals surface area (Å²) in [5.74, 6) is 1.11. The fourth-order valence-corrected chi connectivity index (χ4v) is 3.10. The Labute approximate surface area is 158 Å².